The number of nitro groups is 1. The predicted octanol–water partition coefficient (Wildman–Crippen LogP) is 3.25. The van der Waals surface area contributed by atoms with Crippen LogP contribution in [0.4, 0.5) is 11.4 Å². The number of anilines is 1. The highest BCUT2D eigenvalue weighted by Gasteiger charge is 2.10. The van der Waals surface area contributed by atoms with Crippen LogP contribution >= 0.6 is 0 Å². The van der Waals surface area contributed by atoms with Crippen molar-refractivity contribution in [2.75, 3.05) is 5.32 Å². The molecule has 0 aliphatic carbocycles. The minimum absolute atomic E-state index is 0.0500. The van der Waals surface area contributed by atoms with E-state index in [0.29, 0.717) is 11.3 Å². The second kappa shape index (κ2) is 6.33. The van der Waals surface area contributed by atoms with Gasteiger partial charge in [-0.3, -0.25) is 14.9 Å². The molecule has 0 radical (unpaired) electrons. The first-order valence-corrected chi connectivity index (χ1v) is 7.18. The molecular weight excluding hydrogens is 308 g/mol. The van der Waals surface area contributed by atoms with Crippen LogP contribution in [0, 0.1) is 10.1 Å². The summed E-state index contributed by atoms with van der Waals surface area (Å²) in [6.07, 6.45) is 3.58. The van der Waals surface area contributed by atoms with Crippen LogP contribution in [0.5, 0.6) is 0 Å². The number of carbonyl (C=O) groups is 1. The average Bonchev–Trinajstić information content (AvgIpc) is 3.01. The van der Waals surface area contributed by atoms with E-state index in [9.17, 15) is 14.9 Å². The number of aromatic nitrogens is 2. The van der Waals surface area contributed by atoms with Gasteiger partial charge >= 0.3 is 0 Å². The Bertz CT molecular complexity index is 883. The minimum Gasteiger partial charge on any atom is -0.334 e. The number of non-ortho nitro benzene ring substituents is 1. The standard InChI is InChI=1S/C17H14N4O3/c1-20-11-10-18-16(20)12-2-6-14(7-3-12)19-17(22)13-4-8-15(9-5-13)21(23)24/h2-11H,1H3,(H,19,22). The molecule has 0 aliphatic heterocycles. The Morgan fingerprint density at radius 1 is 1.12 bits per heavy atom. The van der Waals surface area contributed by atoms with Gasteiger partial charge in [0, 0.05) is 48.4 Å². The largest absolute Gasteiger partial charge is 0.334 e. The first kappa shape index (κ1) is 15.4. The maximum absolute atomic E-state index is 12.2. The van der Waals surface area contributed by atoms with E-state index >= 15 is 0 Å². The van der Waals surface area contributed by atoms with Crippen molar-refractivity contribution >= 4 is 17.3 Å². The number of hydrogen-bond acceptors (Lipinski definition) is 4. The summed E-state index contributed by atoms with van der Waals surface area (Å²) in [5.41, 5.74) is 1.88. The normalized spacial score (nSPS) is 10.4. The highest BCUT2D eigenvalue weighted by molar-refractivity contribution is 6.04. The second-order valence-corrected chi connectivity index (χ2v) is 5.20. The van der Waals surface area contributed by atoms with Crippen molar-refractivity contribution in [2.24, 2.45) is 7.05 Å². The Kier molecular flexibility index (Phi) is 4.07. The van der Waals surface area contributed by atoms with Gasteiger partial charge in [-0.05, 0) is 36.4 Å². The number of carbonyl (C=O) groups excluding carboxylic acids is 1. The van der Waals surface area contributed by atoms with E-state index in [2.05, 4.69) is 10.3 Å². The van der Waals surface area contributed by atoms with E-state index in [1.54, 1.807) is 18.3 Å². The molecule has 0 fully saturated rings. The molecule has 3 aromatic rings. The van der Waals surface area contributed by atoms with Crippen molar-refractivity contribution in [3.05, 3.63) is 76.6 Å². The molecule has 7 nitrogen and oxygen atoms in total. The summed E-state index contributed by atoms with van der Waals surface area (Å²) in [6.45, 7) is 0. The molecule has 0 aliphatic rings. The number of hydrogen-bond donors (Lipinski definition) is 1. The first-order chi connectivity index (χ1) is 11.5. The summed E-state index contributed by atoms with van der Waals surface area (Å²) in [4.78, 5) is 26.6. The van der Waals surface area contributed by atoms with Gasteiger partial charge in [0.25, 0.3) is 11.6 Å². The van der Waals surface area contributed by atoms with E-state index in [1.165, 1.54) is 24.3 Å². The highest BCUT2D eigenvalue weighted by atomic mass is 16.6. The molecule has 3 rings (SSSR count). The highest BCUT2D eigenvalue weighted by Crippen LogP contribution is 2.20. The van der Waals surface area contributed by atoms with Crippen LogP contribution in [-0.4, -0.2) is 20.4 Å². The Hall–Kier alpha value is -3.48. The third kappa shape index (κ3) is 3.14. The number of nitro benzene ring substituents is 1. The van der Waals surface area contributed by atoms with Gasteiger partial charge in [0.05, 0.1) is 4.92 Å². The number of benzene rings is 2. The average molecular weight is 322 g/mol. The first-order valence-electron chi connectivity index (χ1n) is 7.18. The summed E-state index contributed by atoms with van der Waals surface area (Å²) in [5.74, 6) is 0.512. The molecule has 1 aromatic heterocycles. The lowest BCUT2D eigenvalue weighted by Crippen LogP contribution is -2.11. The molecular formula is C17H14N4O3. The number of nitrogens with zero attached hydrogens (tertiary/aromatic N) is 3. The van der Waals surface area contributed by atoms with Crippen molar-refractivity contribution in [2.45, 2.75) is 0 Å². The van der Waals surface area contributed by atoms with E-state index < -0.39 is 4.92 Å². The fraction of sp³-hybridized carbons (Fsp3) is 0.0588. The van der Waals surface area contributed by atoms with Crippen molar-refractivity contribution in [3.8, 4) is 11.4 Å². The van der Waals surface area contributed by atoms with Crippen LogP contribution in [0.1, 0.15) is 10.4 Å². The van der Waals surface area contributed by atoms with Gasteiger partial charge in [-0.25, -0.2) is 4.98 Å². The summed E-state index contributed by atoms with van der Waals surface area (Å²) < 4.78 is 1.91. The Labute approximate surface area is 137 Å². The number of nitrogens with one attached hydrogen (secondary N) is 1. The maximum Gasteiger partial charge on any atom is 0.269 e. The number of aryl methyl sites for hydroxylation is 1. The third-order valence-electron chi connectivity index (χ3n) is 3.56. The molecule has 120 valence electrons. The number of imidazole rings is 1. The summed E-state index contributed by atoms with van der Waals surface area (Å²) in [5, 5.41) is 13.4. The van der Waals surface area contributed by atoms with Crippen LogP contribution in [0.15, 0.2) is 60.9 Å². The van der Waals surface area contributed by atoms with Gasteiger partial charge in [-0.2, -0.15) is 0 Å². The lowest BCUT2D eigenvalue weighted by molar-refractivity contribution is -0.384. The molecule has 0 spiro atoms. The molecule has 1 amide bonds. The minimum atomic E-state index is -0.502. The molecule has 0 saturated heterocycles. The molecule has 1 heterocycles. The van der Waals surface area contributed by atoms with E-state index in [0.717, 1.165) is 11.4 Å². The van der Waals surface area contributed by atoms with Gasteiger partial charge in [0.1, 0.15) is 5.82 Å². The van der Waals surface area contributed by atoms with Gasteiger partial charge < -0.3 is 9.88 Å². The van der Waals surface area contributed by atoms with Gasteiger partial charge in [0.2, 0.25) is 0 Å². The van der Waals surface area contributed by atoms with Crippen molar-refractivity contribution in [3.63, 3.8) is 0 Å². The number of rotatable bonds is 4. The summed E-state index contributed by atoms with van der Waals surface area (Å²) in [7, 11) is 1.91. The van der Waals surface area contributed by atoms with E-state index in [1.807, 2.05) is 29.9 Å². The molecule has 2 aromatic carbocycles. The second-order valence-electron chi connectivity index (χ2n) is 5.20. The Morgan fingerprint density at radius 3 is 2.33 bits per heavy atom. The van der Waals surface area contributed by atoms with Crippen LogP contribution in [0.25, 0.3) is 11.4 Å². The fourth-order valence-corrected chi connectivity index (χ4v) is 2.28. The fourth-order valence-electron chi connectivity index (χ4n) is 2.28. The van der Waals surface area contributed by atoms with Crippen LogP contribution in [0.3, 0.4) is 0 Å². The Morgan fingerprint density at radius 2 is 1.79 bits per heavy atom. The summed E-state index contributed by atoms with van der Waals surface area (Å²) in [6, 6.07) is 12.8. The zero-order valence-electron chi connectivity index (χ0n) is 12.8. The zero-order valence-corrected chi connectivity index (χ0v) is 12.8. The van der Waals surface area contributed by atoms with Crippen LogP contribution in [0.2, 0.25) is 0 Å². The monoisotopic (exact) mass is 322 g/mol. The topological polar surface area (TPSA) is 90.1 Å². The maximum atomic E-state index is 12.2. The molecule has 0 unspecified atom stereocenters. The third-order valence-corrected chi connectivity index (χ3v) is 3.56. The van der Waals surface area contributed by atoms with Crippen molar-refractivity contribution in [1.82, 2.24) is 9.55 Å². The van der Waals surface area contributed by atoms with Crippen molar-refractivity contribution < 1.29 is 9.72 Å². The van der Waals surface area contributed by atoms with E-state index in [-0.39, 0.29) is 11.6 Å². The SMILES string of the molecule is Cn1ccnc1-c1ccc(NC(=O)c2ccc([N+](=O)[O-])cc2)cc1. The Balaban J connectivity index is 1.72. The smallest absolute Gasteiger partial charge is 0.269 e. The quantitative estimate of drug-likeness (QED) is 0.589. The molecule has 24 heavy (non-hydrogen) atoms. The molecule has 1 N–H and O–H groups in total. The van der Waals surface area contributed by atoms with Gasteiger partial charge in [-0.1, -0.05) is 0 Å². The molecule has 7 heteroatoms. The summed E-state index contributed by atoms with van der Waals surface area (Å²) >= 11 is 0. The van der Waals surface area contributed by atoms with Crippen LogP contribution < -0.4 is 5.32 Å². The zero-order chi connectivity index (χ0) is 17.1. The van der Waals surface area contributed by atoms with Crippen molar-refractivity contribution in [1.29, 1.82) is 0 Å². The van der Waals surface area contributed by atoms with Crippen LogP contribution in [-0.2, 0) is 7.05 Å². The predicted molar refractivity (Wildman–Crippen MR) is 89.7 cm³/mol. The van der Waals surface area contributed by atoms with E-state index in [4.69, 9.17) is 0 Å². The lowest BCUT2D eigenvalue weighted by Gasteiger charge is -2.07. The molecule has 0 saturated carbocycles. The lowest BCUT2D eigenvalue weighted by atomic mass is 10.1. The van der Waals surface area contributed by atoms with Gasteiger partial charge in [0.15, 0.2) is 0 Å². The van der Waals surface area contributed by atoms with Gasteiger partial charge in [-0.15, -0.1) is 0 Å². The number of amides is 1. The molecule has 0 bridgehead atoms. The molecule has 0 atom stereocenters.